The molecule has 1 aromatic carbocycles. The van der Waals surface area contributed by atoms with Crippen LogP contribution in [0.5, 0.6) is 11.5 Å². The van der Waals surface area contributed by atoms with Gasteiger partial charge in [0.1, 0.15) is 5.82 Å². The second kappa shape index (κ2) is 9.07. The molecular formula is C19H25N5O3. The lowest BCUT2D eigenvalue weighted by atomic mass is 10.1. The molecule has 0 radical (unpaired) electrons. The van der Waals surface area contributed by atoms with Crippen molar-refractivity contribution >= 4 is 11.8 Å². The van der Waals surface area contributed by atoms with E-state index >= 15 is 0 Å². The van der Waals surface area contributed by atoms with Crippen LogP contribution in [0.1, 0.15) is 5.56 Å². The fraction of sp³-hybridized carbons (Fsp3) is 0.421. The number of piperazine rings is 1. The monoisotopic (exact) mass is 371 g/mol. The first-order valence-electron chi connectivity index (χ1n) is 8.96. The maximum Gasteiger partial charge on any atom is 0.317 e. The summed E-state index contributed by atoms with van der Waals surface area (Å²) >= 11 is 0. The van der Waals surface area contributed by atoms with Crippen molar-refractivity contribution in [1.29, 1.82) is 0 Å². The van der Waals surface area contributed by atoms with Gasteiger partial charge in [0, 0.05) is 45.1 Å². The number of nitrogens with one attached hydrogen (secondary N) is 1. The van der Waals surface area contributed by atoms with Crippen LogP contribution in [0.25, 0.3) is 0 Å². The Labute approximate surface area is 159 Å². The fourth-order valence-electron chi connectivity index (χ4n) is 3.05. The molecule has 0 unspecified atom stereocenters. The van der Waals surface area contributed by atoms with E-state index in [1.54, 1.807) is 32.8 Å². The Morgan fingerprint density at radius 3 is 2.56 bits per heavy atom. The molecule has 1 aliphatic rings. The Kier molecular flexibility index (Phi) is 6.30. The predicted molar refractivity (Wildman–Crippen MR) is 102 cm³/mol. The molecule has 1 aliphatic heterocycles. The maximum absolute atomic E-state index is 12.4. The highest BCUT2D eigenvalue weighted by Crippen LogP contribution is 2.27. The largest absolute Gasteiger partial charge is 0.493 e. The number of carbonyl (C=O) groups excluding carboxylic acids is 1. The van der Waals surface area contributed by atoms with Crippen LogP contribution < -0.4 is 19.7 Å². The summed E-state index contributed by atoms with van der Waals surface area (Å²) in [4.78, 5) is 24.8. The Bertz CT molecular complexity index is 748. The molecule has 0 saturated carbocycles. The highest BCUT2D eigenvalue weighted by Gasteiger charge is 2.21. The summed E-state index contributed by atoms with van der Waals surface area (Å²) in [5.74, 6) is 2.25. The van der Waals surface area contributed by atoms with Gasteiger partial charge in [-0.15, -0.1) is 0 Å². The van der Waals surface area contributed by atoms with Gasteiger partial charge < -0.3 is 24.6 Å². The lowest BCUT2D eigenvalue weighted by Crippen LogP contribution is -2.52. The summed E-state index contributed by atoms with van der Waals surface area (Å²) in [6, 6.07) is 5.76. The SMILES string of the molecule is COc1ccc(CCNC(=O)N2CCN(c3cnccn3)CC2)cc1OC. The average Bonchev–Trinajstić information content (AvgIpc) is 2.74. The van der Waals surface area contributed by atoms with E-state index in [4.69, 9.17) is 9.47 Å². The maximum atomic E-state index is 12.4. The number of hydrogen-bond acceptors (Lipinski definition) is 6. The van der Waals surface area contributed by atoms with Gasteiger partial charge in [-0.2, -0.15) is 0 Å². The van der Waals surface area contributed by atoms with E-state index in [0.717, 1.165) is 30.9 Å². The quantitative estimate of drug-likeness (QED) is 0.830. The molecule has 2 heterocycles. The van der Waals surface area contributed by atoms with Crippen LogP contribution in [0.15, 0.2) is 36.8 Å². The normalized spacial score (nSPS) is 14.0. The molecular weight excluding hydrogens is 346 g/mol. The van der Waals surface area contributed by atoms with Gasteiger partial charge in [0.25, 0.3) is 0 Å². The highest BCUT2D eigenvalue weighted by atomic mass is 16.5. The van der Waals surface area contributed by atoms with E-state index in [9.17, 15) is 4.79 Å². The van der Waals surface area contributed by atoms with Crippen molar-refractivity contribution in [2.24, 2.45) is 0 Å². The van der Waals surface area contributed by atoms with Gasteiger partial charge in [-0.3, -0.25) is 4.98 Å². The molecule has 8 nitrogen and oxygen atoms in total. The molecule has 27 heavy (non-hydrogen) atoms. The van der Waals surface area contributed by atoms with Gasteiger partial charge in [0.05, 0.1) is 20.4 Å². The number of benzene rings is 1. The lowest BCUT2D eigenvalue weighted by molar-refractivity contribution is 0.194. The third-order valence-corrected chi connectivity index (χ3v) is 4.58. The molecule has 144 valence electrons. The second-order valence-corrected chi connectivity index (χ2v) is 6.21. The van der Waals surface area contributed by atoms with E-state index in [-0.39, 0.29) is 6.03 Å². The minimum absolute atomic E-state index is 0.0331. The summed E-state index contributed by atoms with van der Waals surface area (Å²) in [6.45, 7) is 3.40. The minimum atomic E-state index is -0.0331. The molecule has 1 saturated heterocycles. The predicted octanol–water partition coefficient (Wildman–Crippen LogP) is 1.57. The number of aromatic nitrogens is 2. The smallest absolute Gasteiger partial charge is 0.317 e. The van der Waals surface area contributed by atoms with Crippen molar-refractivity contribution in [1.82, 2.24) is 20.2 Å². The number of amides is 2. The summed E-state index contributed by atoms with van der Waals surface area (Å²) in [5.41, 5.74) is 1.08. The summed E-state index contributed by atoms with van der Waals surface area (Å²) in [7, 11) is 3.23. The zero-order valence-electron chi connectivity index (χ0n) is 15.7. The van der Waals surface area contributed by atoms with E-state index < -0.39 is 0 Å². The molecule has 0 spiro atoms. The number of hydrogen-bond donors (Lipinski definition) is 1. The summed E-state index contributed by atoms with van der Waals surface area (Å²) in [5, 5.41) is 2.99. The summed E-state index contributed by atoms with van der Waals surface area (Å²) in [6.07, 6.45) is 5.82. The van der Waals surface area contributed by atoms with Gasteiger partial charge in [0.2, 0.25) is 0 Å². The average molecular weight is 371 g/mol. The Morgan fingerprint density at radius 2 is 1.89 bits per heavy atom. The first-order chi connectivity index (χ1) is 13.2. The number of ether oxygens (including phenoxy) is 2. The topological polar surface area (TPSA) is 79.8 Å². The van der Waals surface area contributed by atoms with Crippen molar-refractivity contribution < 1.29 is 14.3 Å². The highest BCUT2D eigenvalue weighted by molar-refractivity contribution is 5.74. The third-order valence-electron chi connectivity index (χ3n) is 4.58. The first-order valence-corrected chi connectivity index (χ1v) is 8.96. The Balaban J connectivity index is 1.44. The number of nitrogens with zero attached hydrogens (tertiary/aromatic N) is 4. The molecule has 0 bridgehead atoms. The zero-order chi connectivity index (χ0) is 19.1. The summed E-state index contributed by atoms with van der Waals surface area (Å²) < 4.78 is 10.6. The molecule has 1 aromatic heterocycles. The number of methoxy groups -OCH3 is 2. The fourth-order valence-corrected chi connectivity index (χ4v) is 3.05. The Morgan fingerprint density at radius 1 is 1.11 bits per heavy atom. The first kappa shape index (κ1) is 18.8. The number of urea groups is 1. The van der Waals surface area contributed by atoms with Crippen LogP contribution in [-0.4, -0.2) is 67.8 Å². The van der Waals surface area contributed by atoms with E-state index in [2.05, 4.69) is 20.2 Å². The minimum Gasteiger partial charge on any atom is -0.493 e. The zero-order valence-corrected chi connectivity index (χ0v) is 15.7. The van der Waals surface area contributed by atoms with Crippen LogP contribution >= 0.6 is 0 Å². The van der Waals surface area contributed by atoms with E-state index in [0.29, 0.717) is 31.1 Å². The van der Waals surface area contributed by atoms with Gasteiger partial charge in [-0.25, -0.2) is 9.78 Å². The van der Waals surface area contributed by atoms with Gasteiger partial charge in [0.15, 0.2) is 11.5 Å². The molecule has 1 N–H and O–H groups in total. The van der Waals surface area contributed by atoms with Crippen molar-refractivity contribution in [2.75, 3.05) is 51.8 Å². The number of anilines is 1. The molecule has 8 heteroatoms. The standard InChI is InChI=1S/C19H25N5O3/c1-26-16-4-3-15(13-17(16)27-2)5-6-22-19(25)24-11-9-23(10-12-24)18-14-20-7-8-21-18/h3-4,7-8,13-14H,5-6,9-12H2,1-2H3,(H,22,25). The molecule has 2 aromatic rings. The molecule has 1 fully saturated rings. The molecule has 3 rings (SSSR count). The van der Waals surface area contributed by atoms with Crippen molar-refractivity contribution in [3.8, 4) is 11.5 Å². The molecule has 0 aliphatic carbocycles. The van der Waals surface area contributed by atoms with Gasteiger partial charge in [-0.1, -0.05) is 6.07 Å². The lowest BCUT2D eigenvalue weighted by Gasteiger charge is -2.35. The van der Waals surface area contributed by atoms with Crippen molar-refractivity contribution in [3.05, 3.63) is 42.4 Å². The van der Waals surface area contributed by atoms with Crippen LogP contribution in [-0.2, 0) is 6.42 Å². The van der Waals surface area contributed by atoms with Crippen LogP contribution in [0, 0.1) is 0 Å². The van der Waals surface area contributed by atoms with Crippen LogP contribution in [0.4, 0.5) is 10.6 Å². The van der Waals surface area contributed by atoms with Crippen molar-refractivity contribution in [2.45, 2.75) is 6.42 Å². The Hall–Kier alpha value is -3.03. The van der Waals surface area contributed by atoms with Gasteiger partial charge >= 0.3 is 6.03 Å². The van der Waals surface area contributed by atoms with Crippen LogP contribution in [0.2, 0.25) is 0 Å². The second-order valence-electron chi connectivity index (χ2n) is 6.21. The third kappa shape index (κ3) is 4.78. The molecule has 0 atom stereocenters. The molecule has 2 amide bonds. The number of carbonyl (C=O) groups is 1. The van der Waals surface area contributed by atoms with Gasteiger partial charge in [-0.05, 0) is 24.1 Å². The van der Waals surface area contributed by atoms with E-state index in [1.807, 2.05) is 23.1 Å². The van der Waals surface area contributed by atoms with Crippen LogP contribution in [0.3, 0.4) is 0 Å². The van der Waals surface area contributed by atoms with Crippen molar-refractivity contribution in [3.63, 3.8) is 0 Å². The van der Waals surface area contributed by atoms with E-state index in [1.165, 1.54) is 0 Å². The number of rotatable bonds is 6.